The van der Waals surface area contributed by atoms with Crippen LogP contribution in [0, 0.1) is 0 Å². The van der Waals surface area contributed by atoms with Gasteiger partial charge in [0.2, 0.25) is 0 Å². The highest BCUT2D eigenvalue weighted by Crippen LogP contribution is 2.16. The van der Waals surface area contributed by atoms with E-state index in [0.717, 1.165) is 64.2 Å². The molecule has 0 spiro atoms. The highest BCUT2D eigenvalue weighted by Gasteiger charge is 2.19. The summed E-state index contributed by atoms with van der Waals surface area (Å²) in [7, 11) is 0. The maximum Gasteiger partial charge on any atom is 0.306 e. The van der Waals surface area contributed by atoms with Gasteiger partial charge in [0.15, 0.2) is 6.10 Å². The monoisotopic (exact) mass is 899 g/mol. The average Bonchev–Trinajstić information content (AvgIpc) is 3.29. The summed E-state index contributed by atoms with van der Waals surface area (Å²) in [6, 6.07) is 0. The summed E-state index contributed by atoms with van der Waals surface area (Å²) in [5.41, 5.74) is 0. The van der Waals surface area contributed by atoms with Gasteiger partial charge in [-0.25, -0.2) is 0 Å². The average molecular weight is 899 g/mol. The quantitative estimate of drug-likeness (QED) is 0.0199. The first-order valence-corrected chi connectivity index (χ1v) is 28.0. The first kappa shape index (κ1) is 61.6. The van der Waals surface area contributed by atoms with Crippen LogP contribution < -0.4 is 0 Å². The summed E-state index contributed by atoms with van der Waals surface area (Å²) in [4.78, 5) is 38.1. The molecule has 0 saturated carbocycles. The fourth-order valence-corrected chi connectivity index (χ4v) is 8.14. The normalized spacial score (nSPS) is 12.2. The van der Waals surface area contributed by atoms with Crippen molar-refractivity contribution < 1.29 is 28.6 Å². The zero-order valence-corrected chi connectivity index (χ0v) is 42.8. The predicted octanol–water partition coefficient (Wildman–Crippen LogP) is 18.5. The Kier molecular flexibility index (Phi) is 51.3. The summed E-state index contributed by atoms with van der Waals surface area (Å²) in [6.07, 6.45) is 62.7. The minimum Gasteiger partial charge on any atom is -0.462 e. The molecule has 0 bridgehead atoms. The van der Waals surface area contributed by atoms with Gasteiger partial charge in [0, 0.05) is 19.3 Å². The molecule has 0 saturated heterocycles. The van der Waals surface area contributed by atoms with E-state index in [1.807, 2.05) is 0 Å². The van der Waals surface area contributed by atoms with E-state index in [4.69, 9.17) is 14.2 Å². The lowest BCUT2D eigenvalue weighted by Crippen LogP contribution is -2.30. The van der Waals surface area contributed by atoms with Gasteiger partial charge in [0.1, 0.15) is 13.2 Å². The molecular formula is C58H106O6. The fourth-order valence-electron chi connectivity index (χ4n) is 8.14. The molecule has 1 unspecified atom stereocenters. The molecule has 6 heteroatoms. The standard InChI is InChI=1S/C58H106O6/c1-4-7-10-13-16-19-22-25-28-29-31-33-36-39-42-45-48-51-57(60)63-54-55(53-62-56(59)50-47-44-41-38-35-32-27-24-21-18-15-12-9-6-3)64-58(61)52-49-46-43-40-37-34-30-26-23-20-17-14-11-8-5-2/h17,20,23,25-26,28,55H,4-16,18-19,21-22,24,27,29-54H2,1-3H3/b20-17-,26-23-,28-25-. The number of hydrogen-bond donors (Lipinski definition) is 0. The Balaban J connectivity index is 4.36. The van der Waals surface area contributed by atoms with Crippen LogP contribution in [-0.2, 0) is 28.6 Å². The maximum absolute atomic E-state index is 12.8. The summed E-state index contributed by atoms with van der Waals surface area (Å²) < 4.78 is 16.8. The summed E-state index contributed by atoms with van der Waals surface area (Å²) >= 11 is 0. The number of allylic oxidation sites excluding steroid dienone is 6. The van der Waals surface area contributed by atoms with Crippen LogP contribution >= 0.6 is 0 Å². The number of hydrogen-bond acceptors (Lipinski definition) is 6. The van der Waals surface area contributed by atoms with Crippen molar-refractivity contribution in [3.63, 3.8) is 0 Å². The number of unbranched alkanes of at least 4 members (excludes halogenated alkanes) is 35. The molecule has 0 radical (unpaired) electrons. The van der Waals surface area contributed by atoms with Gasteiger partial charge in [0.05, 0.1) is 0 Å². The SMILES string of the molecule is CCCCC/C=C\C=C/CCCCCCCCC(=O)OC(COC(=O)CCCCCCCCC/C=C\CCCCCCCC)COC(=O)CCCCCCCCCCCCCCCC. The van der Waals surface area contributed by atoms with Gasteiger partial charge in [0.25, 0.3) is 0 Å². The number of rotatable bonds is 51. The lowest BCUT2D eigenvalue weighted by atomic mass is 10.0. The predicted molar refractivity (Wildman–Crippen MR) is 275 cm³/mol. The molecule has 0 aromatic heterocycles. The van der Waals surface area contributed by atoms with E-state index in [2.05, 4.69) is 57.2 Å². The first-order valence-electron chi connectivity index (χ1n) is 28.0. The molecule has 0 aliphatic heterocycles. The van der Waals surface area contributed by atoms with Crippen molar-refractivity contribution in [2.24, 2.45) is 0 Å². The molecule has 0 aromatic rings. The molecule has 0 N–H and O–H groups in total. The Morgan fingerprint density at radius 2 is 0.562 bits per heavy atom. The van der Waals surface area contributed by atoms with Gasteiger partial charge in [-0.2, -0.15) is 0 Å². The molecule has 0 aliphatic rings. The lowest BCUT2D eigenvalue weighted by Gasteiger charge is -2.18. The minimum absolute atomic E-state index is 0.0749. The molecule has 1 atom stereocenters. The van der Waals surface area contributed by atoms with Crippen LogP contribution in [0.4, 0.5) is 0 Å². The second kappa shape index (κ2) is 53.2. The molecule has 6 nitrogen and oxygen atoms in total. The second-order valence-electron chi connectivity index (χ2n) is 18.9. The highest BCUT2D eigenvalue weighted by molar-refractivity contribution is 5.71. The van der Waals surface area contributed by atoms with Crippen LogP contribution in [0.3, 0.4) is 0 Å². The van der Waals surface area contributed by atoms with Gasteiger partial charge < -0.3 is 14.2 Å². The van der Waals surface area contributed by atoms with Crippen molar-refractivity contribution in [3.05, 3.63) is 36.5 Å². The number of carbonyl (C=O) groups excluding carboxylic acids is 3. The van der Waals surface area contributed by atoms with E-state index in [-0.39, 0.29) is 31.1 Å². The molecule has 0 fully saturated rings. The Morgan fingerprint density at radius 3 is 0.906 bits per heavy atom. The molecule has 0 rings (SSSR count). The topological polar surface area (TPSA) is 78.9 Å². The first-order chi connectivity index (χ1) is 31.5. The van der Waals surface area contributed by atoms with Crippen LogP contribution in [0.2, 0.25) is 0 Å². The van der Waals surface area contributed by atoms with Crippen LogP contribution in [0.15, 0.2) is 36.5 Å². The molecule has 0 aromatic carbocycles. The smallest absolute Gasteiger partial charge is 0.306 e. The van der Waals surface area contributed by atoms with Gasteiger partial charge in [-0.05, 0) is 70.6 Å². The Morgan fingerprint density at radius 1 is 0.312 bits per heavy atom. The van der Waals surface area contributed by atoms with Gasteiger partial charge in [-0.3, -0.25) is 14.4 Å². The van der Waals surface area contributed by atoms with Crippen LogP contribution in [0.25, 0.3) is 0 Å². The van der Waals surface area contributed by atoms with E-state index in [1.54, 1.807) is 0 Å². The molecule has 0 heterocycles. The van der Waals surface area contributed by atoms with Gasteiger partial charge in [-0.1, -0.05) is 243 Å². The summed E-state index contributed by atoms with van der Waals surface area (Å²) in [5, 5.41) is 0. The zero-order valence-electron chi connectivity index (χ0n) is 42.8. The van der Waals surface area contributed by atoms with Gasteiger partial charge >= 0.3 is 17.9 Å². The maximum atomic E-state index is 12.8. The van der Waals surface area contributed by atoms with Crippen molar-refractivity contribution in [1.29, 1.82) is 0 Å². The van der Waals surface area contributed by atoms with Crippen LogP contribution in [0.5, 0.6) is 0 Å². The van der Waals surface area contributed by atoms with Gasteiger partial charge in [-0.15, -0.1) is 0 Å². The number of esters is 3. The van der Waals surface area contributed by atoms with Crippen molar-refractivity contribution >= 4 is 17.9 Å². The van der Waals surface area contributed by atoms with E-state index in [0.29, 0.717) is 19.3 Å². The van der Waals surface area contributed by atoms with Crippen molar-refractivity contribution in [3.8, 4) is 0 Å². The third-order valence-corrected chi connectivity index (χ3v) is 12.4. The van der Waals surface area contributed by atoms with Crippen molar-refractivity contribution in [2.75, 3.05) is 13.2 Å². The minimum atomic E-state index is -0.777. The molecule has 0 aliphatic carbocycles. The molecular weight excluding hydrogens is 793 g/mol. The lowest BCUT2D eigenvalue weighted by molar-refractivity contribution is -0.167. The molecule has 64 heavy (non-hydrogen) atoms. The van der Waals surface area contributed by atoms with E-state index in [1.165, 1.54) is 193 Å². The third-order valence-electron chi connectivity index (χ3n) is 12.4. The zero-order chi connectivity index (χ0) is 46.5. The summed E-state index contributed by atoms with van der Waals surface area (Å²) in [5.74, 6) is -0.876. The van der Waals surface area contributed by atoms with Crippen molar-refractivity contribution in [1.82, 2.24) is 0 Å². The highest BCUT2D eigenvalue weighted by atomic mass is 16.6. The molecule has 374 valence electrons. The number of carbonyl (C=O) groups is 3. The summed E-state index contributed by atoms with van der Waals surface area (Å²) in [6.45, 7) is 6.63. The largest absolute Gasteiger partial charge is 0.462 e. The van der Waals surface area contributed by atoms with Crippen LogP contribution in [-0.4, -0.2) is 37.2 Å². The van der Waals surface area contributed by atoms with E-state index in [9.17, 15) is 14.4 Å². The Hall–Kier alpha value is -2.37. The van der Waals surface area contributed by atoms with Crippen molar-refractivity contribution in [2.45, 2.75) is 303 Å². The Labute approximate surface area is 397 Å². The van der Waals surface area contributed by atoms with E-state index < -0.39 is 6.10 Å². The van der Waals surface area contributed by atoms with E-state index >= 15 is 0 Å². The molecule has 0 amide bonds. The number of ether oxygens (including phenoxy) is 3. The fraction of sp³-hybridized carbons (Fsp3) is 0.845. The van der Waals surface area contributed by atoms with Crippen LogP contribution in [0.1, 0.15) is 297 Å². The Bertz CT molecular complexity index is 1080. The third kappa shape index (κ3) is 50.6. The second-order valence-corrected chi connectivity index (χ2v) is 18.9.